The first-order valence-corrected chi connectivity index (χ1v) is 7.25. The van der Waals surface area contributed by atoms with Gasteiger partial charge in [-0.25, -0.2) is 4.79 Å². The first-order valence-electron chi connectivity index (χ1n) is 7.25. The molecule has 0 aromatic heterocycles. The van der Waals surface area contributed by atoms with E-state index in [1.165, 1.54) is 31.2 Å². The Bertz CT molecular complexity index is 623. The molecule has 7 nitrogen and oxygen atoms in total. The molecule has 0 bridgehead atoms. The lowest BCUT2D eigenvalue weighted by Gasteiger charge is -2.24. The second-order valence-electron chi connectivity index (χ2n) is 5.27. The van der Waals surface area contributed by atoms with E-state index in [0.717, 1.165) is 6.07 Å². The van der Waals surface area contributed by atoms with Crippen LogP contribution >= 0.6 is 0 Å². The molecule has 1 unspecified atom stereocenters. The summed E-state index contributed by atoms with van der Waals surface area (Å²) in [6.45, 7) is 1.35. The first kappa shape index (κ1) is 20.4. The van der Waals surface area contributed by atoms with Gasteiger partial charge in [-0.15, -0.1) is 13.2 Å². The summed E-state index contributed by atoms with van der Waals surface area (Å²) in [7, 11) is 2.73. The van der Waals surface area contributed by atoms with E-state index in [1.807, 2.05) is 0 Å². The fourth-order valence-electron chi connectivity index (χ4n) is 2.05. The van der Waals surface area contributed by atoms with Gasteiger partial charge < -0.3 is 25.4 Å². The number of ether oxygens (including phenoxy) is 2. The quantitative estimate of drug-likeness (QED) is 0.775. The van der Waals surface area contributed by atoms with Crippen LogP contribution in [0.3, 0.4) is 0 Å². The third-order valence-electron chi connectivity index (χ3n) is 3.43. The molecule has 1 atom stereocenters. The Labute approximate surface area is 142 Å². The highest BCUT2D eigenvalue weighted by Gasteiger charge is 2.32. The van der Waals surface area contributed by atoms with E-state index in [1.54, 1.807) is 6.92 Å². The Morgan fingerprint density at radius 1 is 1.32 bits per heavy atom. The molecule has 1 aromatic rings. The largest absolute Gasteiger partial charge is 0.573 e. The smallest absolute Gasteiger partial charge is 0.496 e. The van der Waals surface area contributed by atoms with Crippen molar-refractivity contribution in [2.75, 3.05) is 14.2 Å². The number of primary amides is 1. The Kier molecular flexibility index (Phi) is 6.89. The van der Waals surface area contributed by atoms with E-state index in [0.29, 0.717) is 0 Å². The van der Waals surface area contributed by atoms with Gasteiger partial charge in [0.05, 0.1) is 19.2 Å². The molecule has 0 aliphatic heterocycles. The highest BCUT2D eigenvalue weighted by molar-refractivity contribution is 5.77. The number of nitrogens with one attached hydrogen (secondary N) is 1. The maximum absolute atomic E-state index is 12.5. The number of hydrogen-bond acceptors (Lipinski definition) is 4. The lowest BCUT2D eigenvalue weighted by molar-refractivity contribution is -0.274. The van der Waals surface area contributed by atoms with Crippen LogP contribution in [-0.4, -0.2) is 43.4 Å². The minimum absolute atomic E-state index is 0.0339. The zero-order chi connectivity index (χ0) is 19.2. The van der Waals surface area contributed by atoms with Crippen molar-refractivity contribution in [3.63, 3.8) is 0 Å². The molecule has 1 aromatic carbocycles. The molecule has 0 aliphatic carbocycles. The minimum Gasteiger partial charge on any atom is -0.496 e. The van der Waals surface area contributed by atoms with Crippen molar-refractivity contribution in [1.82, 2.24) is 10.2 Å². The number of carbonyl (C=O) groups excluding carboxylic acids is 2. The molecule has 10 heteroatoms. The Morgan fingerprint density at radius 2 is 1.92 bits per heavy atom. The third kappa shape index (κ3) is 6.40. The number of alkyl halides is 3. The molecule has 0 radical (unpaired) electrons. The number of methoxy groups -OCH3 is 1. The van der Waals surface area contributed by atoms with E-state index >= 15 is 0 Å². The average Bonchev–Trinajstić information content (AvgIpc) is 2.50. The molecule has 0 fully saturated rings. The number of urea groups is 1. The maximum atomic E-state index is 12.5. The fourth-order valence-corrected chi connectivity index (χ4v) is 2.05. The van der Waals surface area contributed by atoms with Gasteiger partial charge in [0.15, 0.2) is 0 Å². The number of nitrogens with two attached hydrogens (primary N) is 1. The van der Waals surface area contributed by atoms with Gasteiger partial charge in [-0.05, 0) is 19.1 Å². The third-order valence-corrected chi connectivity index (χ3v) is 3.43. The van der Waals surface area contributed by atoms with Crippen LogP contribution in [0.1, 0.15) is 18.9 Å². The van der Waals surface area contributed by atoms with E-state index in [-0.39, 0.29) is 24.3 Å². The van der Waals surface area contributed by atoms with Crippen molar-refractivity contribution in [1.29, 1.82) is 0 Å². The zero-order valence-corrected chi connectivity index (χ0v) is 14.0. The summed E-state index contributed by atoms with van der Waals surface area (Å²) < 4.78 is 46.5. The van der Waals surface area contributed by atoms with Gasteiger partial charge in [-0.2, -0.15) is 0 Å². The fraction of sp³-hybridized carbons (Fsp3) is 0.467. The maximum Gasteiger partial charge on any atom is 0.573 e. The number of nitrogens with zero attached hydrogens (tertiary/aromatic N) is 1. The molecule has 0 spiro atoms. The van der Waals surface area contributed by atoms with Gasteiger partial charge in [-0.3, -0.25) is 4.79 Å². The number of rotatable bonds is 7. The average molecular weight is 363 g/mol. The SMILES string of the molecule is COc1cccc(OC(F)(F)F)c1CNC(=O)N(C)C(C)CC(N)=O. The van der Waals surface area contributed by atoms with E-state index in [4.69, 9.17) is 10.5 Å². The Balaban J connectivity index is 2.88. The molecule has 0 aliphatic rings. The number of amides is 3. The van der Waals surface area contributed by atoms with E-state index in [9.17, 15) is 22.8 Å². The van der Waals surface area contributed by atoms with Crippen LogP contribution in [0.4, 0.5) is 18.0 Å². The van der Waals surface area contributed by atoms with Crippen LogP contribution in [0.15, 0.2) is 18.2 Å². The summed E-state index contributed by atoms with van der Waals surface area (Å²) in [5.41, 5.74) is 5.11. The summed E-state index contributed by atoms with van der Waals surface area (Å²) in [6, 6.07) is 2.85. The lowest BCUT2D eigenvalue weighted by Crippen LogP contribution is -2.43. The second kappa shape index (κ2) is 8.45. The molecule has 1 rings (SSSR count). The second-order valence-corrected chi connectivity index (χ2v) is 5.27. The number of hydrogen-bond donors (Lipinski definition) is 2. The van der Waals surface area contributed by atoms with Crippen molar-refractivity contribution in [3.05, 3.63) is 23.8 Å². The number of benzene rings is 1. The first-order chi connectivity index (χ1) is 11.5. The van der Waals surface area contributed by atoms with Crippen LogP contribution in [0.5, 0.6) is 11.5 Å². The highest BCUT2D eigenvalue weighted by Crippen LogP contribution is 2.32. The van der Waals surface area contributed by atoms with E-state index in [2.05, 4.69) is 10.1 Å². The van der Waals surface area contributed by atoms with Gasteiger partial charge in [-0.1, -0.05) is 6.07 Å². The molecule has 3 N–H and O–H groups in total. The molecular formula is C15H20F3N3O4. The topological polar surface area (TPSA) is 93.9 Å². The molecule has 140 valence electrons. The minimum atomic E-state index is -4.88. The summed E-state index contributed by atoms with van der Waals surface area (Å²) >= 11 is 0. The van der Waals surface area contributed by atoms with Gasteiger partial charge in [0.25, 0.3) is 0 Å². The standard InChI is InChI=1S/C15H20F3N3O4/c1-9(7-13(19)22)21(2)14(23)20-8-10-11(24-3)5-4-6-12(10)25-15(16,17)18/h4-6,9H,7-8H2,1-3H3,(H2,19,22)(H,20,23). The summed E-state index contributed by atoms with van der Waals surface area (Å²) in [5, 5.41) is 2.46. The zero-order valence-electron chi connectivity index (χ0n) is 14.0. The van der Waals surface area contributed by atoms with Crippen molar-refractivity contribution in [2.45, 2.75) is 32.3 Å². The van der Waals surface area contributed by atoms with Crippen LogP contribution in [0.2, 0.25) is 0 Å². The summed E-state index contributed by atoms with van der Waals surface area (Å²) in [4.78, 5) is 24.2. The molecule has 0 heterocycles. The molecule has 25 heavy (non-hydrogen) atoms. The van der Waals surface area contributed by atoms with Crippen LogP contribution in [-0.2, 0) is 11.3 Å². The van der Waals surface area contributed by atoms with Gasteiger partial charge in [0, 0.05) is 19.5 Å². The molecular weight excluding hydrogens is 343 g/mol. The van der Waals surface area contributed by atoms with Gasteiger partial charge in [0.1, 0.15) is 11.5 Å². The molecule has 3 amide bonds. The van der Waals surface area contributed by atoms with E-state index < -0.39 is 30.1 Å². The van der Waals surface area contributed by atoms with Crippen LogP contribution < -0.4 is 20.5 Å². The lowest BCUT2D eigenvalue weighted by atomic mass is 10.1. The predicted octanol–water partition coefficient (Wildman–Crippen LogP) is 2.00. The predicted molar refractivity (Wildman–Crippen MR) is 82.9 cm³/mol. The molecule has 0 saturated carbocycles. The van der Waals surface area contributed by atoms with Crippen LogP contribution in [0.25, 0.3) is 0 Å². The molecule has 0 saturated heterocycles. The van der Waals surface area contributed by atoms with Crippen molar-refractivity contribution < 1.29 is 32.2 Å². The normalized spacial score (nSPS) is 12.2. The van der Waals surface area contributed by atoms with Gasteiger partial charge >= 0.3 is 12.4 Å². The Hall–Kier alpha value is -2.65. The van der Waals surface area contributed by atoms with Crippen molar-refractivity contribution >= 4 is 11.9 Å². The van der Waals surface area contributed by atoms with Gasteiger partial charge in [0.2, 0.25) is 5.91 Å². The monoisotopic (exact) mass is 363 g/mol. The van der Waals surface area contributed by atoms with Crippen molar-refractivity contribution in [3.8, 4) is 11.5 Å². The summed E-state index contributed by atoms with van der Waals surface area (Å²) in [5.74, 6) is -0.910. The highest BCUT2D eigenvalue weighted by atomic mass is 19.4. The van der Waals surface area contributed by atoms with Crippen LogP contribution in [0, 0.1) is 0 Å². The number of carbonyl (C=O) groups is 2. The van der Waals surface area contributed by atoms with Crippen molar-refractivity contribution in [2.24, 2.45) is 5.73 Å². The Morgan fingerprint density at radius 3 is 2.44 bits per heavy atom. The summed E-state index contributed by atoms with van der Waals surface area (Å²) in [6.07, 6.45) is -4.92. The number of halogens is 3.